The zero-order chi connectivity index (χ0) is 15.5. The third-order valence-corrected chi connectivity index (χ3v) is 6.41. The number of rotatable bonds is 6. The van der Waals surface area contributed by atoms with Gasteiger partial charge in [0.15, 0.2) is 0 Å². The van der Waals surface area contributed by atoms with Crippen molar-refractivity contribution in [1.82, 2.24) is 13.5 Å². The summed E-state index contributed by atoms with van der Waals surface area (Å²) in [6.45, 7) is 4.41. The van der Waals surface area contributed by atoms with Crippen LogP contribution in [0.4, 0.5) is 0 Å². The van der Waals surface area contributed by atoms with E-state index in [4.69, 9.17) is 0 Å². The standard InChI is InChI=1S/C14H27N3O3S/c1-3-4-9-15(2)21(19,20)16-10-5-7-13(12-16)17-11-6-8-14(17)18/h13H,3-12H2,1-2H3. The zero-order valence-electron chi connectivity index (χ0n) is 13.1. The Kier molecular flexibility index (Phi) is 5.62. The molecule has 0 aromatic rings. The van der Waals surface area contributed by atoms with Gasteiger partial charge in [0.05, 0.1) is 0 Å². The fourth-order valence-electron chi connectivity index (χ4n) is 3.13. The van der Waals surface area contributed by atoms with Crippen molar-refractivity contribution in [1.29, 1.82) is 0 Å². The molecule has 122 valence electrons. The molecule has 6 nitrogen and oxygen atoms in total. The number of unbranched alkanes of at least 4 members (excludes halogenated alkanes) is 1. The van der Waals surface area contributed by atoms with Crippen LogP contribution in [0.3, 0.4) is 0 Å². The SMILES string of the molecule is CCCCN(C)S(=O)(=O)N1CCCC(N2CCCC2=O)C1. The Morgan fingerprint density at radius 1 is 1.29 bits per heavy atom. The lowest BCUT2D eigenvalue weighted by Crippen LogP contribution is -2.53. The van der Waals surface area contributed by atoms with Gasteiger partial charge in [0.2, 0.25) is 5.91 Å². The molecule has 2 aliphatic heterocycles. The highest BCUT2D eigenvalue weighted by atomic mass is 32.2. The quantitative estimate of drug-likeness (QED) is 0.736. The van der Waals surface area contributed by atoms with Crippen LogP contribution in [0.1, 0.15) is 45.4 Å². The number of nitrogens with zero attached hydrogens (tertiary/aromatic N) is 3. The third kappa shape index (κ3) is 3.76. The largest absolute Gasteiger partial charge is 0.338 e. The normalized spacial score (nSPS) is 25.0. The molecule has 21 heavy (non-hydrogen) atoms. The van der Waals surface area contributed by atoms with Crippen LogP contribution in [0, 0.1) is 0 Å². The van der Waals surface area contributed by atoms with Gasteiger partial charge in [-0.1, -0.05) is 13.3 Å². The first kappa shape index (κ1) is 16.7. The molecule has 0 aliphatic carbocycles. The summed E-state index contributed by atoms with van der Waals surface area (Å²) in [5.41, 5.74) is 0. The van der Waals surface area contributed by atoms with E-state index in [0.29, 0.717) is 26.1 Å². The van der Waals surface area contributed by atoms with E-state index in [1.165, 1.54) is 4.31 Å². The van der Waals surface area contributed by atoms with Crippen LogP contribution >= 0.6 is 0 Å². The maximum atomic E-state index is 12.6. The van der Waals surface area contributed by atoms with E-state index in [1.807, 2.05) is 4.90 Å². The van der Waals surface area contributed by atoms with Crippen molar-refractivity contribution in [2.24, 2.45) is 0 Å². The van der Waals surface area contributed by atoms with Crippen LogP contribution in [-0.4, -0.2) is 67.1 Å². The molecule has 2 rings (SSSR count). The fraction of sp³-hybridized carbons (Fsp3) is 0.929. The molecule has 0 saturated carbocycles. The summed E-state index contributed by atoms with van der Waals surface area (Å²) in [7, 11) is -1.74. The van der Waals surface area contributed by atoms with Crippen LogP contribution < -0.4 is 0 Å². The van der Waals surface area contributed by atoms with Gasteiger partial charge in [-0.15, -0.1) is 0 Å². The van der Waals surface area contributed by atoms with Crippen molar-refractivity contribution >= 4 is 16.1 Å². The molecule has 0 radical (unpaired) electrons. The Bertz CT molecular complexity index is 466. The molecule has 1 atom stereocenters. The van der Waals surface area contributed by atoms with Gasteiger partial charge >= 0.3 is 0 Å². The molecule has 0 bridgehead atoms. The topological polar surface area (TPSA) is 60.9 Å². The summed E-state index contributed by atoms with van der Waals surface area (Å²) in [6.07, 6.45) is 5.10. The highest BCUT2D eigenvalue weighted by molar-refractivity contribution is 7.86. The first-order chi connectivity index (χ1) is 9.96. The Hall–Kier alpha value is -0.660. The van der Waals surface area contributed by atoms with Crippen molar-refractivity contribution < 1.29 is 13.2 Å². The van der Waals surface area contributed by atoms with E-state index < -0.39 is 10.2 Å². The molecule has 0 aromatic carbocycles. The molecule has 1 amide bonds. The third-order valence-electron chi connectivity index (χ3n) is 4.46. The summed E-state index contributed by atoms with van der Waals surface area (Å²) in [5.74, 6) is 0.179. The lowest BCUT2D eigenvalue weighted by molar-refractivity contribution is -0.130. The van der Waals surface area contributed by atoms with Crippen LogP contribution in [0.25, 0.3) is 0 Å². The first-order valence-electron chi connectivity index (χ1n) is 7.97. The minimum atomic E-state index is -3.39. The smallest absolute Gasteiger partial charge is 0.281 e. The Labute approximate surface area is 128 Å². The van der Waals surface area contributed by atoms with Gasteiger partial charge in [0, 0.05) is 45.7 Å². The van der Waals surface area contributed by atoms with E-state index in [-0.39, 0.29) is 11.9 Å². The zero-order valence-corrected chi connectivity index (χ0v) is 13.9. The summed E-state index contributed by atoms with van der Waals surface area (Å²) in [4.78, 5) is 13.7. The number of hydrogen-bond acceptors (Lipinski definition) is 3. The number of hydrogen-bond donors (Lipinski definition) is 0. The summed E-state index contributed by atoms with van der Waals surface area (Å²) >= 11 is 0. The van der Waals surface area contributed by atoms with Crippen molar-refractivity contribution in [2.75, 3.05) is 33.2 Å². The van der Waals surface area contributed by atoms with Crippen LogP contribution in [-0.2, 0) is 15.0 Å². The van der Waals surface area contributed by atoms with Gasteiger partial charge in [0.25, 0.3) is 10.2 Å². The van der Waals surface area contributed by atoms with E-state index in [9.17, 15) is 13.2 Å². The monoisotopic (exact) mass is 317 g/mol. The van der Waals surface area contributed by atoms with Crippen molar-refractivity contribution in [3.63, 3.8) is 0 Å². The molecule has 7 heteroatoms. The maximum Gasteiger partial charge on any atom is 0.281 e. The van der Waals surface area contributed by atoms with Crippen molar-refractivity contribution in [3.05, 3.63) is 0 Å². The van der Waals surface area contributed by atoms with Gasteiger partial charge < -0.3 is 4.90 Å². The second kappa shape index (κ2) is 7.07. The number of carbonyl (C=O) groups excluding carboxylic acids is 1. The summed E-state index contributed by atoms with van der Waals surface area (Å²) < 4.78 is 28.2. The minimum absolute atomic E-state index is 0.0584. The second-order valence-corrected chi connectivity index (χ2v) is 8.06. The predicted octanol–water partition coefficient (Wildman–Crippen LogP) is 1.05. The molecule has 0 aromatic heterocycles. The molecule has 0 N–H and O–H groups in total. The van der Waals surface area contributed by atoms with Crippen LogP contribution in [0.15, 0.2) is 0 Å². The molecule has 1 unspecified atom stereocenters. The predicted molar refractivity (Wildman–Crippen MR) is 82.0 cm³/mol. The van der Waals surface area contributed by atoms with E-state index in [2.05, 4.69) is 6.92 Å². The van der Waals surface area contributed by atoms with Crippen molar-refractivity contribution in [3.8, 4) is 0 Å². The maximum absolute atomic E-state index is 12.6. The lowest BCUT2D eigenvalue weighted by atomic mass is 10.1. The Morgan fingerprint density at radius 3 is 2.67 bits per heavy atom. The molecular formula is C14H27N3O3S. The molecule has 2 aliphatic rings. The fourth-order valence-corrected chi connectivity index (χ4v) is 4.61. The average Bonchev–Trinajstić information content (AvgIpc) is 2.91. The first-order valence-corrected chi connectivity index (χ1v) is 9.37. The number of carbonyl (C=O) groups is 1. The number of piperidine rings is 1. The number of likely N-dealkylation sites (tertiary alicyclic amines) is 1. The highest BCUT2D eigenvalue weighted by Gasteiger charge is 2.36. The van der Waals surface area contributed by atoms with Gasteiger partial charge in [-0.25, -0.2) is 0 Å². The summed E-state index contributed by atoms with van der Waals surface area (Å²) in [5, 5.41) is 0. The van der Waals surface area contributed by atoms with Gasteiger partial charge in [-0.2, -0.15) is 17.0 Å². The molecule has 2 fully saturated rings. The van der Waals surface area contributed by atoms with Crippen LogP contribution in [0.2, 0.25) is 0 Å². The lowest BCUT2D eigenvalue weighted by Gasteiger charge is -2.38. The van der Waals surface area contributed by atoms with E-state index in [0.717, 1.165) is 38.6 Å². The highest BCUT2D eigenvalue weighted by Crippen LogP contribution is 2.23. The average molecular weight is 317 g/mol. The Balaban J connectivity index is 2.01. The molecule has 2 heterocycles. The minimum Gasteiger partial charge on any atom is -0.338 e. The van der Waals surface area contributed by atoms with Gasteiger partial charge in [-0.05, 0) is 25.7 Å². The molecular weight excluding hydrogens is 290 g/mol. The van der Waals surface area contributed by atoms with Crippen LogP contribution in [0.5, 0.6) is 0 Å². The van der Waals surface area contributed by atoms with E-state index >= 15 is 0 Å². The van der Waals surface area contributed by atoms with E-state index in [1.54, 1.807) is 11.4 Å². The molecule has 2 saturated heterocycles. The summed E-state index contributed by atoms with van der Waals surface area (Å²) in [6, 6.07) is 0.0584. The Morgan fingerprint density at radius 2 is 2.05 bits per heavy atom. The van der Waals surface area contributed by atoms with Gasteiger partial charge in [-0.3, -0.25) is 4.79 Å². The van der Waals surface area contributed by atoms with Gasteiger partial charge in [0.1, 0.15) is 0 Å². The molecule has 0 spiro atoms. The van der Waals surface area contributed by atoms with Crippen molar-refractivity contribution in [2.45, 2.75) is 51.5 Å². The number of amides is 1. The second-order valence-electron chi connectivity index (χ2n) is 6.03.